The van der Waals surface area contributed by atoms with Crippen LogP contribution >= 0.6 is 0 Å². The minimum atomic E-state index is 0.204. The Bertz CT molecular complexity index is 593. The molecule has 1 amide bonds. The van der Waals surface area contributed by atoms with Gasteiger partial charge in [0.05, 0.1) is 0 Å². The van der Waals surface area contributed by atoms with Crippen LogP contribution < -0.4 is 4.90 Å². The number of anilines is 1. The van der Waals surface area contributed by atoms with E-state index in [1.54, 1.807) is 0 Å². The summed E-state index contributed by atoms with van der Waals surface area (Å²) in [5.41, 5.74) is 2.54. The van der Waals surface area contributed by atoms with E-state index in [1.165, 1.54) is 6.42 Å². The number of carbonyl (C=O) groups is 1. The number of hydrogen-bond donors (Lipinski definition) is 0. The van der Waals surface area contributed by atoms with Gasteiger partial charge in [-0.1, -0.05) is 26.8 Å². The molecule has 0 spiro atoms. The van der Waals surface area contributed by atoms with Crippen LogP contribution in [-0.2, 0) is 0 Å². The fourth-order valence-electron chi connectivity index (χ4n) is 4.78. The molecule has 0 radical (unpaired) electrons. The molecule has 2 unspecified atom stereocenters. The number of nitrogens with zero attached hydrogens (tertiary/aromatic N) is 2. The van der Waals surface area contributed by atoms with Gasteiger partial charge in [0.2, 0.25) is 0 Å². The number of carbonyl (C=O) groups excluding carboxylic acids is 1. The van der Waals surface area contributed by atoms with Gasteiger partial charge in [0.25, 0.3) is 5.91 Å². The fourth-order valence-corrected chi connectivity index (χ4v) is 4.78. The minimum Gasteiger partial charge on any atom is -0.378 e. The molecule has 2 aliphatic rings. The summed E-state index contributed by atoms with van der Waals surface area (Å²) in [6.45, 7) is 7.95. The second-order valence-electron chi connectivity index (χ2n) is 8.59. The molecule has 1 aliphatic heterocycles. The van der Waals surface area contributed by atoms with Gasteiger partial charge in [0, 0.05) is 37.9 Å². The number of benzene rings is 1. The Morgan fingerprint density at radius 1 is 1.23 bits per heavy atom. The van der Waals surface area contributed by atoms with Gasteiger partial charge in [-0.2, -0.15) is 0 Å². The van der Waals surface area contributed by atoms with Crippen molar-refractivity contribution >= 4 is 11.6 Å². The molecule has 2 fully saturated rings. The van der Waals surface area contributed by atoms with Crippen LogP contribution in [0.15, 0.2) is 24.3 Å². The highest BCUT2D eigenvalue weighted by Crippen LogP contribution is 2.52. The third-order valence-electron chi connectivity index (χ3n) is 5.29. The molecule has 2 atom stereocenters. The standard InChI is InChI=1S/C19H28N2O/c1-18(2)10-16-11-19(3,12-18)13-21(16)17(22)14-7-6-8-15(9-14)20(4)5/h6-9,16H,10-13H2,1-5H3. The Morgan fingerprint density at radius 2 is 1.95 bits per heavy atom. The van der Waals surface area contributed by atoms with Crippen molar-refractivity contribution in [2.45, 2.75) is 46.1 Å². The number of rotatable bonds is 2. The molecule has 3 heteroatoms. The molecular weight excluding hydrogens is 272 g/mol. The van der Waals surface area contributed by atoms with Gasteiger partial charge < -0.3 is 9.80 Å². The second-order valence-corrected chi connectivity index (χ2v) is 8.59. The summed E-state index contributed by atoms with van der Waals surface area (Å²) < 4.78 is 0. The van der Waals surface area contributed by atoms with Gasteiger partial charge in [-0.15, -0.1) is 0 Å². The molecule has 0 N–H and O–H groups in total. The van der Waals surface area contributed by atoms with E-state index in [9.17, 15) is 4.79 Å². The summed E-state index contributed by atoms with van der Waals surface area (Å²) in [4.78, 5) is 17.2. The SMILES string of the molecule is CN(C)c1cccc(C(=O)N2CC3(C)CC2CC(C)(C)C3)c1. The van der Waals surface area contributed by atoms with Gasteiger partial charge in [-0.05, 0) is 48.3 Å². The van der Waals surface area contributed by atoms with Gasteiger partial charge >= 0.3 is 0 Å². The predicted molar refractivity (Wildman–Crippen MR) is 91.3 cm³/mol. The highest BCUT2D eigenvalue weighted by molar-refractivity contribution is 5.95. The monoisotopic (exact) mass is 300 g/mol. The number of fused-ring (bicyclic) bond motifs is 2. The number of likely N-dealkylation sites (tertiary alicyclic amines) is 1. The highest BCUT2D eigenvalue weighted by Gasteiger charge is 2.50. The van der Waals surface area contributed by atoms with Crippen LogP contribution in [0.25, 0.3) is 0 Å². The molecule has 1 saturated heterocycles. The van der Waals surface area contributed by atoms with Crippen molar-refractivity contribution in [3.8, 4) is 0 Å². The normalized spacial score (nSPS) is 29.5. The van der Waals surface area contributed by atoms with Crippen molar-refractivity contribution < 1.29 is 4.79 Å². The van der Waals surface area contributed by atoms with E-state index in [4.69, 9.17) is 0 Å². The molecule has 1 saturated carbocycles. The van der Waals surface area contributed by atoms with E-state index in [-0.39, 0.29) is 5.91 Å². The highest BCUT2D eigenvalue weighted by atomic mass is 16.2. The molecule has 3 rings (SSSR count). The van der Waals surface area contributed by atoms with Crippen molar-refractivity contribution in [2.24, 2.45) is 10.8 Å². The average molecular weight is 300 g/mol. The number of amides is 1. The molecule has 1 aromatic carbocycles. The number of hydrogen-bond acceptors (Lipinski definition) is 2. The molecule has 3 nitrogen and oxygen atoms in total. The first-order valence-corrected chi connectivity index (χ1v) is 8.28. The minimum absolute atomic E-state index is 0.204. The third kappa shape index (κ3) is 2.73. The van der Waals surface area contributed by atoms with Crippen molar-refractivity contribution in [2.75, 3.05) is 25.5 Å². The van der Waals surface area contributed by atoms with Crippen LogP contribution in [0.5, 0.6) is 0 Å². The lowest BCUT2D eigenvalue weighted by atomic mass is 9.65. The molecule has 1 aromatic rings. The summed E-state index contributed by atoms with van der Waals surface area (Å²) in [5.74, 6) is 0.204. The molecule has 22 heavy (non-hydrogen) atoms. The smallest absolute Gasteiger partial charge is 0.254 e. The molecule has 120 valence electrons. The predicted octanol–water partition coefficient (Wildman–Crippen LogP) is 3.79. The van der Waals surface area contributed by atoms with Crippen LogP contribution in [0.1, 0.15) is 50.4 Å². The summed E-state index contributed by atoms with van der Waals surface area (Å²) in [5, 5.41) is 0. The first kappa shape index (κ1) is 15.4. The zero-order valence-electron chi connectivity index (χ0n) is 14.5. The van der Waals surface area contributed by atoms with Crippen LogP contribution in [0.4, 0.5) is 5.69 Å². The van der Waals surface area contributed by atoms with Gasteiger partial charge in [0.1, 0.15) is 0 Å². The maximum atomic E-state index is 13.0. The maximum absolute atomic E-state index is 13.0. The van der Waals surface area contributed by atoms with E-state index in [0.29, 0.717) is 16.9 Å². The Hall–Kier alpha value is -1.51. The van der Waals surface area contributed by atoms with Crippen LogP contribution in [-0.4, -0.2) is 37.5 Å². The van der Waals surface area contributed by atoms with Crippen molar-refractivity contribution in [3.05, 3.63) is 29.8 Å². The third-order valence-corrected chi connectivity index (χ3v) is 5.29. The van der Waals surface area contributed by atoms with Crippen molar-refractivity contribution in [1.29, 1.82) is 0 Å². The fraction of sp³-hybridized carbons (Fsp3) is 0.632. The lowest BCUT2D eigenvalue weighted by Gasteiger charge is -2.39. The summed E-state index contributed by atoms with van der Waals surface area (Å²) in [6.07, 6.45) is 3.51. The summed E-state index contributed by atoms with van der Waals surface area (Å²) in [6, 6.07) is 8.40. The molecule has 1 aliphatic carbocycles. The molecule has 2 bridgehead atoms. The zero-order valence-corrected chi connectivity index (χ0v) is 14.5. The van der Waals surface area contributed by atoms with E-state index in [1.807, 2.05) is 43.3 Å². The van der Waals surface area contributed by atoms with Crippen LogP contribution in [0.3, 0.4) is 0 Å². The van der Waals surface area contributed by atoms with Crippen LogP contribution in [0.2, 0.25) is 0 Å². The zero-order chi connectivity index (χ0) is 16.1. The second kappa shape index (κ2) is 5.00. The van der Waals surface area contributed by atoms with Gasteiger partial charge in [-0.25, -0.2) is 0 Å². The van der Waals surface area contributed by atoms with E-state index >= 15 is 0 Å². The first-order valence-electron chi connectivity index (χ1n) is 8.28. The summed E-state index contributed by atoms with van der Waals surface area (Å²) >= 11 is 0. The molecule has 0 aromatic heterocycles. The quantitative estimate of drug-likeness (QED) is 0.829. The Balaban J connectivity index is 1.86. The van der Waals surface area contributed by atoms with Crippen molar-refractivity contribution in [3.63, 3.8) is 0 Å². The largest absolute Gasteiger partial charge is 0.378 e. The maximum Gasteiger partial charge on any atom is 0.254 e. The topological polar surface area (TPSA) is 23.6 Å². The van der Waals surface area contributed by atoms with Crippen LogP contribution in [0, 0.1) is 10.8 Å². The lowest BCUT2D eigenvalue weighted by Crippen LogP contribution is -2.37. The average Bonchev–Trinajstić information content (AvgIpc) is 2.67. The van der Waals surface area contributed by atoms with E-state index in [0.717, 1.165) is 30.6 Å². The van der Waals surface area contributed by atoms with E-state index in [2.05, 4.69) is 25.7 Å². The Morgan fingerprint density at radius 3 is 2.64 bits per heavy atom. The Labute approximate surface area is 134 Å². The molecular formula is C19H28N2O. The summed E-state index contributed by atoms with van der Waals surface area (Å²) in [7, 11) is 4.02. The lowest BCUT2D eigenvalue weighted by molar-refractivity contribution is 0.0708. The molecule has 1 heterocycles. The van der Waals surface area contributed by atoms with Gasteiger partial charge in [0.15, 0.2) is 0 Å². The first-order chi connectivity index (χ1) is 10.2. The van der Waals surface area contributed by atoms with Crippen molar-refractivity contribution in [1.82, 2.24) is 4.90 Å². The van der Waals surface area contributed by atoms with Gasteiger partial charge in [-0.3, -0.25) is 4.79 Å². The Kier molecular flexibility index (Phi) is 3.50. The van der Waals surface area contributed by atoms with E-state index < -0.39 is 0 Å².